The van der Waals surface area contributed by atoms with Crippen molar-refractivity contribution in [1.82, 2.24) is 10.6 Å². The second-order valence-electron chi connectivity index (χ2n) is 5.95. The third-order valence-electron chi connectivity index (χ3n) is 3.71. The van der Waals surface area contributed by atoms with Gasteiger partial charge in [-0.3, -0.25) is 14.4 Å². The summed E-state index contributed by atoms with van der Waals surface area (Å²) in [6.07, 6.45) is 1.87. The van der Waals surface area contributed by atoms with Crippen LogP contribution in [0.25, 0.3) is 0 Å². The molecule has 0 aliphatic rings. The number of nitriles is 1. The zero-order chi connectivity index (χ0) is 19.5. The number of nitrogens with one attached hydrogen (secondary N) is 2. The van der Waals surface area contributed by atoms with Gasteiger partial charge in [-0.2, -0.15) is 5.26 Å². The molecular weight excluding hydrogens is 339 g/mol. The number of hydrogen-bond donors (Lipinski definition) is 3. The Morgan fingerprint density at radius 2 is 1.96 bits per heavy atom. The second-order valence-corrected chi connectivity index (χ2v) is 5.95. The summed E-state index contributed by atoms with van der Waals surface area (Å²) >= 11 is 0. The summed E-state index contributed by atoms with van der Waals surface area (Å²) in [6, 6.07) is 5.84. The van der Waals surface area contributed by atoms with Gasteiger partial charge in [0.1, 0.15) is 17.9 Å². The fourth-order valence-electron chi connectivity index (χ4n) is 2.46. The maximum Gasteiger partial charge on any atom is 0.243 e. The maximum atomic E-state index is 13.3. The van der Waals surface area contributed by atoms with Crippen molar-refractivity contribution in [3.63, 3.8) is 0 Å². The molecule has 0 unspecified atom stereocenters. The van der Waals surface area contributed by atoms with Gasteiger partial charge in [-0.1, -0.05) is 12.1 Å². The highest BCUT2D eigenvalue weighted by molar-refractivity contribution is 5.91. The molecule has 1 aromatic carbocycles. The first-order valence-corrected chi connectivity index (χ1v) is 8.31. The minimum Gasteiger partial charge on any atom is -0.368 e. The van der Waals surface area contributed by atoms with Gasteiger partial charge in [-0.25, -0.2) is 4.39 Å². The van der Waals surface area contributed by atoms with Crippen LogP contribution in [0, 0.1) is 17.1 Å². The molecule has 1 rings (SSSR count). The van der Waals surface area contributed by atoms with E-state index in [1.54, 1.807) is 6.07 Å². The first-order chi connectivity index (χ1) is 12.3. The normalized spacial score (nSPS) is 12.5. The summed E-state index contributed by atoms with van der Waals surface area (Å²) in [5, 5.41) is 13.6. The van der Waals surface area contributed by atoms with E-state index in [-0.39, 0.29) is 6.42 Å². The van der Waals surface area contributed by atoms with Crippen molar-refractivity contribution in [3.05, 3.63) is 35.6 Å². The first kappa shape index (κ1) is 21.1. The Morgan fingerprint density at radius 3 is 2.54 bits per heavy atom. The number of primary amides is 1. The molecule has 1 aromatic rings. The van der Waals surface area contributed by atoms with E-state index in [2.05, 4.69) is 10.6 Å². The van der Waals surface area contributed by atoms with Crippen LogP contribution in [0.1, 0.15) is 38.2 Å². The highest BCUT2D eigenvalue weighted by atomic mass is 19.1. The van der Waals surface area contributed by atoms with Crippen LogP contribution >= 0.6 is 0 Å². The van der Waals surface area contributed by atoms with Crippen molar-refractivity contribution < 1.29 is 18.8 Å². The molecule has 0 aliphatic carbocycles. The van der Waals surface area contributed by atoms with Crippen LogP contribution in [-0.4, -0.2) is 29.8 Å². The molecule has 4 N–H and O–H groups in total. The molecule has 0 radical (unpaired) electrons. The summed E-state index contributed by atoms with van der Waals surface area (Å²) in [7, 11) is 0. The van der Waals surface area contributed by atoms with E-state index in [0.717, 1.165) is 0 Å². The largest absolute Gasteiger partial charge is 0.368 e. The van der Waals surface area contributed by atoms with Gasteiger partial charge in [0.2, 0.25) is 17.7 Å². The second kappa shape index (κ2) is 10.8. The molecule has 0 saturated carbocycles. The van der Waals surface area contributed by atoms with E-state index in [4.69, 9.17) is 11.0 Å². The number of halogens is 1. The zero-order valence-electron chi connectivity index (χ0n) is 14.6. The predicted octanol–water partition coefficient (Wildman–Crippen LogP) is 0.927. The fraction of sp³-hybridized carbons (Fsp3) is 0.444. The van der Waals surface area contributed by atoms with E-state index in [1.165, 1.54) is 25.1 Å². The summed E-state index contributed by atoms with van der Waals surface area (Å²) < 4.78 is 13.3. The van der Waals surface area contributed by atoms with Gasteiger partial charge in [-0.05, 0) is 37.0 Å². The molecule has 0 fully saturated rings. The molecule has 2 atom stereocenters. The van der Waals surface area contributed by atoms with E-state index in [1.807, 2.05) is 6.07 Å². The number of carbonyl (C=O) groups excluding carboxylic acids is 3. The summed E-state index contributed by atoms with van der Waals surface area (Å²) in [5.41, 5.74) is 5.85. The molecule has 26 heavy (non-hydrogen) atoms. The first-order valence-electron chi connectivity index (χ1n) is 8.31. The Kier molecular flexibility index (Phi) is 8.78. The number of carbonyl (C=O) groups is 3. The topological polar surface area (TPSA) is 125 Å². The van der Waals surface area contributed by atoms with Crippen LogP contribution in [0.3, 0.4) is 0 Å². The average molecular weight is 362 g/mol. The Labute approximate surface area is 151 Å². The number of hydrogen-bond acceptors (Lipinski definition) is 4. The van der Waals surface area contributed by atoms with E-state index < -0.39 is 35.6 Å². The van der Waals surface area contributed by atoms with E-state index in [0.29, 0.717) is 31.2 Å². The summed E-state index contributed by atoms with van der Waals surface area (Å²) in [5.74, 6) is -2.14. The monoisotopic (exact) mass is 362 g/mol. The SMILES string of the molecule is CC(=O)N[C@H](Cc1cccc(F)c1)C(=O)N[C@@H](CCCCC#N)C(N)=O. The van der Waals surface area contributed by atoms with E-state index in [9.17, 15) is 18.8 Å². The number of rotatable bonds is 10. The maximum absolute atomic E-state index is 13.3. The van der Waals surface area contributed by atoms with Crippen LogP contribution in [0.5, 0.6) is 0 Å². The van der Waals surface area contributed by atoms with Crippen molar-refractivity contribution in [3.8, 4) is 6.07 Å². The van der Waals surface area contributed by atoms with Gasteiger partial charge in [0.15, 0.2) is 0 Å². The van der Waals surface area contributed by atoms with Crippen LogP contribution in [0.4, 0.5) is 4.39 Å². The van der Waals surface area contributed by atoms with Crippen LogP contribution in [-0.2, 0) is 20.8 Å². The number of nitrogens with two attached hydrogens (primary N) is 1. The molecule has 0 bridgehead atoms. The minimum atomic E-state index is -0.963. The zero-order valence-corrected chi connectivity index (χ0v) is 14.6. The molecule has 0 spiro atoms. The highest BCUT2D eigenvalue weighted by Crippen LogP contribution is 2.08. The highest BCUT2D eigenvalue weighted by Gasteiger charge is 2.25. The van der Waals surface area contributed by atoms with Crippen molar-refractivity contribution in [2.45, 2.75) is 51.1 Å². The lowest BCUT2D eigenvalue weighted by Gasteiger charge is -2.21. The van der Waals surface area contributed by atoms with Gasteiger partial charge >= 0.3 is 0 Å². The lowest BCUT2D eigenvalue weighted by molar-refractivity contribution is -0.130. The van der Waals surface area contributed by atoms with Gasteiger partial charge in [-0.15, -0.1) is 0 Å². The van der Waals surface area contributed by atoms with Gasteiger partial charge in [0.05, 0.1) is 6.07 Å². The molecule has 0 saturated heterocycles. The van der Waals surface area contributed by atoms with Crippen molar-refractivity contribution in [2.24, 2.45) is 5.73 Å². The lowest BCUT2D eigenvalue weighted by atomic mass is 10.0. The molecule has 0 aromatic heterocycles. The predicted molar refractivity (Wildman–Crippen MR) is 92.9 cm³/mol. The third-order valence-corrected chi connectivity index (χ3v) is 3.71. The number of nitrogens with zero attached hydrogens (tertiary/aromatic N) is 1. The van der Waals surface area contributed by atoms with Gasteiger partial charge in [0, 0.05) is 19.8 Å². The summed E-state index contributed by atoms with van der Waals surface area (Å²) in [4.78, 5) is 35.4. The van der Waals surface area contributed by atoms with Crippen LogP contribution < -0.4 is 16.4 Å². The standard InChI is InChI=1S/C18H23FN4O3/c1-12(24)22-16(11-13-6-5-7-14(19)10-13)18(26)23-15(17(21)25)8-3-2-4-9-20/h5-7,10,15-16H,2-4,8,11H2,1H3,(H2,21,25)(H,22,24)(H,23,26)/t15-,16+/m0/s1. The molecule has 140 valence electrons. The van der Waals surface area contributed by atoms with Crippen molar-refractivity contribution in [1.29, 1.82) is 5.26 Å². The average Bonchev–Trinajstić information content (AvgIpc) is 2.56. The minimum absolute atomic E-state index is 0.0725. The Balaban J connectivity index is 2.77. The number of amides is 3. The number of benzene rings is 1. The fourth-order valence-corrected chi connectivity index (χ4v) is 2.46. The van der Waals surface area contributed by atoms with E-state index >= 15 is 0 Å². The van der Waals surface area contributed by atoms with Crippen molar-refractivity contribution in [2.75, 3.05) is 0 Å². The molecular formula is C18H23FN4O3. The molecule has 0 heterocycles. The smallest absolute Gasteiger partial charge is 0.243 e. The molecule has 0 aliphatic heterocycles. The Hall–Kier alpha value is -2.95. The molecule has 3 amide bonds. The van der Waals surface area contributed by atoms with Crippen LogP contribution in [0.2, 0.25) is 0 Å². The Morgan fingerprint density at radius 1 is 1.23 bits per heavy atom. The summed E-state index contributed by atoms with van der Waals surface area (Å²) in [6.45, 7) is 1.26. The third kappa shape index (κ3) is 7.75. The lowest BCUT2D eigenvalue weighted by Crippen LogP contribution is -2.53. The van der Waals surface area contributed by atoms with Crippen LogP contribution in [0.15, 0.2) is 24.3 Å². The van der Waals surface area contributed by atoms with Gasteiger partial charge < -0.3 is 16.4 Å². The van der Waals surface area contributed by atoms with Crippen molar-refractivity contribution >= 4 is 17.7 Å². The Bertz CT molecular complexity index is 687. The molecule has 7 nitrogen and oxygen atoms in total. The van der Waals surface area contributed by atoms with Gasteiger partial charge in [0.25, 0.3) is 0 Å². The number of unbranched alkanes of at least 4 members (excludes halogenated alkanes) is 2. The quantitative estimate of drug-likeness (QED) is 0.535. The molecule has 8 heteroatoms.